The molecule has 0 unspecified atom stereocenters. The first-order chi connectivity index (χ1) is 9.72. The minimum absolute atomic E-state index is 0.226. The number of urea groups is 1. The number of rotatable bonds is 2. The van der Waals surface area contributed by atoms with Gasteiger partial charge in [0.2, 0.25) is 0 Å². The molecule has 6 nitrogen and oxygen atoms in total. The van der Waals surface area contributed by atoms with E-state index in [0.29, 0.717) is 25.3 Å². The van der Waals surface area contributed by atoms with Gasteiger partial charge in [0.25, 0.3) is 0 Å². The highest BCUT2D eigenvalue weighted by Gasteiger charge is 2.23. The van der Waals surface area contributed by atoms with E-state index in [1.54, 1.807) is 23.1 Å². The largest absolute Gasteiger partial charge is 0.360 e. The predicted octanol–water partition coefficient (Wildman–Crippen LogP) is 0.992. The number of hydrogen-bond donors (Lipinski definition) is 1. The lowest BCUT2D eigenvalue weighted by molar-refractivity contribution is 0.0157. The molecule has 2 amide bonds. The lowest BCUT2D eigenvalue weighted by Gasteiger charge is -2.29. The molecule has 1 saturated heterocycles. The van der Waals surface area contributed by atoms with Gasteiger partial charge in [-0.3, -0.25) is 0 Å². The Hall–Kier alpha value is -2.57. The minimum atomic E-state index is -0.559. The number of nitrogens with one attached hydrogen (secondary N) is 1. The Morgan fingerprint density at radius 2 is 2.35 bits per heavy atom. The quantitative estimate of drug-likeness (QED) is 0.867. The van der Waals surface area contributed by atoms with E-state index in [1.807, 2.05) is 12.1 Å². The zero-order valence-electron chi connectivity index (χ0n) is 10.9. The molecule has 6 heteroatoms. The van der Waals surface area contributed by atoms with Crippen LogP contribution in [0.3, 0.4) is 0 Å². The molecule has 1 heterocycles. The predicted molar refractivity (Wildman–Crippen MR) is 70.3 cm³/mol. The van der Waals surface area contributed by atoms with Gasteiger partial charge >= 0.3 is 6.03 Å². The van der Waals surface area contributed by atoms with Crippen LogP contribution in [-0.2, 0) is 11.3 Å². The molecule has 0 bridgehead atoms. The number of nitriles is 2. The summed E-state index contributed by atoms with van der Waals surface area (Å²) < 4.78 is 5.18. The average molecular weight is 270 g/mol. The Morgan fingerprint density at radius 1 is 1.50 bits per heavy atom. The smallest absolute Gasteiger partial charge is 0.317 e. The van der Waals surface area contributed by atoms with Gasteiger partial charge in [0.15, 0.2) is 6.10 Å². The summed E-state index contributed by atoms with van der Waals surface area (Å²) in [4.78, 5) is 13.5. The topological polar surface area (TPSA) is 89.2 Å². The number of carbonyl (C=O) groups is 1. The van der Waals surface area contributed by atoms with Crippen molar-refractivity contribution >= 4 is 6.03 Å². The number of nitrogens with zero attached hydrogens (tertiary/aromatic N) is 3. The Kier molecular flexibility index (Phi) is 4.54. The molecular weight excluding hydrogens is 256 g/mol. The van der Waals surface area contributed by atoms with E-state index in [0.717, 1.165) is 5.56 Å². The summed E-state index contributed by atoms with van der Waals surface area (Å²) in [6, 6.07) is 10.9. The molecule has 1 N–H and O–H groups in total. The van der Waals surface area contributed by atoms with Crippen LogP contribution < -0.4 is 5.32 Å². The van der Waals surface area contributed by atoms with Crippen LogP contribution >= 0.6 is 0 Å². The molecular formula is C14H14N4O2. The molecule has 102 valence electrons. The number of morpholine rings is 1. The molecule has 0 spiro atoms. The standard InChI is InChI=1S/C14H14N4O2/c15-7-11-2-1-3-12(6-11)9-17-14(19)18-4-5-20-13(8-16)10-18/h1-3,6,13H,4-5,9-10H2,(H,17,19)/t13-/m0/s1. The van der Waals surface area contributed by atoms with Crippen LogP contribution in [0.25, 0.3) is 0 Å². The summed E-state index contributed by atoms with van der Waals surface area (Å²) in [5.41, 5.74) is 1.43. The second-order valence-corrected chi connectivity index (χ2v) is 4.41. The van der Waals surface area contributed by atoms with Crippen LogP contribution in [0.4, 0.5) is 4.79 Å². The number of ether oxygens (including phenoxy) is 1. The Labute approximate surface area is 117 Å². The Balaban J connectivity index is 1.89. The Morgan fingerprint density at radius 3 is 3.10 bits per heavy atom. The van der Waals surface area contributed by atoms with Crippen LogP contribution in [0, 0.1) is 22.7 Å². The summed E-state index contributed by atoms with van der Waals surface area (Å²) in [6.45, 7) is 1.47. The van der Waals surface area contributed by atoms with Gasteiger partial charge in [0, 0.05) is 13.1 Å². The van der Waals surface area contributed by atoms with Crippen LogP contribution in [0.2, 0.25) is 0 Å². The average Bonchev–Trinajstić information content (AvgIpc) is 2.52. The summed E-state index contributed by atoms with van der Waals surface area (Å²) >= 11 is 0. The van der Waals surface area contributed by atoms with E-state index in [9.17, 15) is 4.79 Å². The van der Waals surface area contributed by atoms with E-state index in [-0.39, 0.29) is 12.6 Å². The lowest BCUT2D eigenvalue weighted by Crippen LogP contribution is -2.49. The van der Waals surface area contributed by atoms with Gasteiger partial charge in [0.1, 0.15) is 0 Å². The van der Waals surface area contributed by atoms with E-state index < -0.39 is 6.10 Å². The molecule has 1 atom stereocenters. The van der Waals surface area contributed by atoms with Crippen molar-refractivity contribution in [2.75, 3.05) is 19.7 Å². The van der Waals surface area contributed by atoms with Crippen molar-refractivity contribution in [1.29, 1.82) is 10.5 Å². The fourth-order valence-corrected chi connectivity index (χ4v) is 1.95. The molecule has 1 aliphatic heterocycles. The molecule has 1 aromatic carbocycles. The van der Waals surface area contributed by atoms with Gasteiger partial charge in [-0.25, -0.2) is 4.79 Å². The molecule has 1 fully saturated rings. The van der Waals surface area contributed by atoms with Crippen LogP contribution in [-0.4, -0.2) is 36.7 Å². The van der Waals surface area contributed by atoms with Gasteiger partial charge in [-0.2, -0.15) is 10.5 Å². The van der Waals surface area contributed by atoms with Crippen LogP contribution in [0.5, 0.6) is 0 Å². The lowest BCUT2D eigenvalue weighted by atomic mass is 10.1. The van der Waals surface area contributed by atoms with E-state index >= 15 is 0 Å². The maximum atomic E-state index is 12.0. The second-order valence-electron chi connectivity index (χ2n) is 4.41. The first kappa shape index (κ1) is 13.9. The molecule has 0 radical (unpaired) electrons. The van der Waals surface area contributed by atoms with Crippen molar-refractivity contribution in [2.45, 2.75) is 12.6 Å². The molecule has 1 aliphatic rings. The maximum absolute atomic E-state index is 12.0. The number of benzene rings is 1. The van der Waals surface area contributed by atoms with Crippen molar-refractivity contribution < 1.29 is 9.53 Å². The van der Waals surface area contributed by atoms with Crippen molar-refractivity contribution in [3.05, 3.63) is 35.4 Å². The van der Waals surface area contributed by atoms with Crippen molar-refractivity contribution in [2.24, 2.45) is 0 Å². The molecule has 20 heavy (non-hydrogen) atoms. The summed E-state index contributed by atoms with van der Waals surface area (Å²) in [5, 5.41) is 20.4. The fraction of sp³-hybridized carbons (Fsp3) is 0.357. The van der Waals surface area contributed by atoms with Gasteiger partial charge in [-0.1, -0.05) is 12.1 Å². The summed E-state index contributed by atoms with van der Waals surface area (Å²) in [5.74, 6) is 0. The zero-order valence-corrected chi connectivity index (χ0v) is 10.9. The van der Waals surface area contributed by atoms with Gasteiger partial charge in [0.05, 0.1) is 30.9 Å². The van der Waals surface area contributed by atoms with Crippen molar-refractivity contribution in [3.63, 3.8) is 0 Å². The summed E-state index contributed by atoms with van der Waals surface area (Å²) in [7, 11) is 0. The van der Waals surface area contributed by atoms with Crippen molar-refractivity contribution in [3.8, 4) is 12.1 Å². The minimum Gasteiger partial charge on any atom is -0.360 e. The van der Waals surface area contributed by atoms with Crippen LogP contribution in [0.1, 0.15) is 11.1 Å². The molecule has 2 rings (SSSR count). The number of hydrogen-bond acceptors (Lipinski definition) is 4. The third-order valence-corrected chi connectivity index (χ3v) is 3.00. The third kappa shape index (κ3) is 3.47. The van der Waals surface area contributed by atoms with Crippen LogP contribution in [0.15, 0.2) is 24.3 Å². The fourth-order valence-electron chi connectivity index (χ4n) is 1.95. The maximum Gasteiger partial charge on any atom is 0.317 e. The highest BCUT2D eigenvalue weighted by molar-refractivity contribution is 5.74. The molecule has 1 aromatic rings. The molecule has 0 aliphatic carbocycles. The van der Waals surface area contributed by atoms with E-state index in [1.165, 1.54) is 0 Å². The first-order valence-corrected chi connectivity index (χ1v) is 6.26. The SMILES string of the molecule is N#Cc1cccc(CNC(=O)N2CCO[C@@H](C#N)C2)c1. The second kappa shape index (κ2) is 6.55. The van der Waals surface area contributed by atoms with Crippen molar-refractivity contribution in [1.82, 2.24) is 10.2 Å². The molecule has 0 saturated carbocycles. The molecule has 0 aromatic heterocycles. The Bertz CT molecular complexity index is 573. The van der Waals surface area contributed by atoms with Gasteiger partial charge in [-0.05, 0) is 17.7 Å². The zero-order chi connectivity index (χ0) is 14.4. The van der Waals surface area contributed by atoms with E-state index in [2.05, 4.69) is 11.4 Å². The highest BCUT2D eigenvalue weighted by Crippen LogP contribution is 2.06. The monoisotopic (exact) mass is 270 g/mol. The van der Waals surface area contributed by atoms with Gasteiger partial charge in [-0.15, -0.1) is 0 Å². The number of amides is 2. The highest BCUT2D eigenvalue weighted by atomic mass is 16.5. The first-order valence-electron chi connectivity index (χ1n) is 6.26. The normalized spacial score (nSPS) is 17.9. The van der Waals surface area contributed by atoms with Gasteiger partial charge < -0.3 is 15.0 Å². The van der Waals surface area contributed by atoms with E-state index in [4.69, 9.17) is 15.3 Å². The number of carbonyl (C=O) groups excluding carboxylic acids is 1. The third-order valence-electron chi connectivity index (χ3n) is 3.00. The summed E-state index contributed by atoms with van der Waals surface area (Å²) in [6.07, 6.45) is -0.559.